The van der Waals surface area contributed by atoms with Gasteiger partial charge in [-0.15, -0.1) is 0 Å². The van der Waals surface area contributed by atoms with E-state index < -0.39 is 0 Å². The second kappa shape index (κ2) is 4.93. The Morgan fingerprint density at radius 3 is 2.22 bits per heavy atom. The standard InChI is InChI=1S/C17H20O/c1-11(2)15-9-13-7-5-6-8-14(13)16(10-18)17(15)12(3)4/h5-12H,1-4H3. The van der Waals surface area contributed by atoms with E-state index in [1.807, 2.05) is 18.2 Å². The van der Waals surface area contributed by atoms with Crippen molar-refractivity contribution in [2.45, 2.75) is 39.5 Å². The lowest BCUT2D eigenvalue weighted by atomic mass is 9.84. The van der Waals surface area contributed by atoms with Crippen LogP contribution in [0.5, 0.6) is 0 Å². The summed E-state index contributed by atoms with van der Waals surface area (Å²) in [7, 11) is 0. The van der Waals surface area contributed by atoms with Gasteiger partial charge in [0.15, 0.2) is 6.29 Å². The van der Waals surface area contributed by atoms with Crippen LogP contribution in [0.3, 0.4) is 0 Å². The fraction of sp³-hybridized carbons (Fsp3) is 0.353. The van der Waals surface area contributed by atoms with Gasteiger partial charge in [0, 0.05) is 5.56 Å². The van der Waals surface area contributed by atoms with Gasteiger partial charge in [-0.2, -0.15) is 0 Å². The van der Waals surface area contributed by atoms with Crippen LogP contribution in [0.1, 0.15) is 61.0 Å². The van der Waals surface area contributed by atoms with Crippen LogP contribution >= 0.6 is 0 Å². The zero-order valence-corrected chi connectivity index (χ0v) is 11.5. The molecule has 0 atom stereocenters. The summed E-state index contributed by atoms with van der Waals surface area (Å²) in [5, 5.41) is 2.23. The first-order chi connectivity index (χ1) is 8.56. The zero-order valence-electron chi connectivity index (χ0n) is 11.5. The Morgan fingerprint density at radius 1 is 1.00 bits per heavy atom. The van der Waals surface area contributed by atoms with E-state index in [1.54, 1.807) is 0 Å². The number of hydrogen-bond donors (Lipinski definition) is 0. The summed E-state index contributed by atoms with van der Waals surface area (Å²) in [5.41, 5.74) is 3.37. The van der Waals surface area contributed by atoms with Crippen LogP contribution in [0.25, 0.3) is 10.8 Å². The topological polar surface area (TPSA) is 17.1 Å². The first-order valence-electron chi connectivity index (χ1n) is 6.57. The van der Waals surface area contributed by atoms with Crippen LogP contribution in [0.15, 0.2) is 30.3 Å². The van der Waals surface area contributed by atoms with Crippen LogP contribution < -0.4 is 0 Å². The lowest BCUT2D eigenvalue weighted by Crippen LogP contribution is -2.04. The van der Waals surface area contributed by atoms with Crippen molar-refractivity contribution in [3.63, 3.8) is 0 Å². The Morgan fingerprint density at radius 2 is 1.67 bits per heavy atom. The minimum atomic E-state index is 0.368. The Labute approximate surface area is 109 Å². The molecule has 0 aromatic heterocycles. The lowest BCUT2D eigenvalue weighted by molar-refractivity contribution is 0.112. The summed E-state index contributed by atoms with van der Waals surface area (Å²) in [6.07, 6.45) is 1.02. The summed E-state index contributed by atoms with van der Waals surface area (Å²) in [4.78, 5) is 11.5. The fourth-order valence-corrected chi connectivity index (χ4v) is 2.66. The molecule has 0 unspecified atom stereocenters. The van der Waals surface area contributed by atoms with Gasteiger partial charge >= 0.3 is 0 Å². The van der Waals surface area contributed by atoms with E-state index in [1.165, 1.54) is 11.1 Å². The van der Waals surface area contributed by atoms with E-state index in [0.29, 0.717) is 11.8 Å². The molecule has 0 saturated carbocycles. The smallest absolute Gasteiger partial charge is 0.150 e. The molecule has 0 aliphatic carbocycles. The number of aldehydes is 1. The Bertz CT molecular complexity index is 579. The van der Waals surface area contributed by atoms with Crippen molar-refractivity contribution in [1.29, 1.82) is 0 Å². The van der Waals surface area contributed by atoms with E-state index in [2.05, 4.69) is 39.8 Å². The van der Waals surface area contributed by atoms with Crippen molar-refractivity contribution in [2.75, 3.05) is 0 Å². The van der Waals surface area contributed by atoms with Crippen LogP contribution in [0.2, 0.25) is 0 Å². The van der Waals surface area contributed by atoms with Crippen LogP contribution in [0, 0.1) is 0 Å². The highest BCUT2D eigenvalue weighted by Gasteiger charge is 2.17. The van der Waals surface area contributed by atoms with Gasteiger partial charge in [0.2, 0.25) is 0 Å². The van der Waals surface area contributed by atoms with Crippen molar-refractivity contribution >= 4 is 17.1 Å². The van der Waals surface area contributed by atoms with Gasteiger partial charge in [-0.1, -0.05) is 58.0 Å². The molecule has 0 N–H and O–H groups in total. The number of carbonyl (C=O) groups excluding carboxylic acids is 1. The summed E-state index contributed by atoms with van der Waals surface area (Å²) in [5.74, 6) is 0.804. The number of fused-ring (bicyclic) bond motifs is 1. The first-order valence-corrected chi connectivity index (χ1v) is 6.57. The molecule has 1 heteroatoms. The molecule has 2 aromatic carbocycles. The van der Waals surface area contributed by atoms with Crippen molar-refractivity contribution in [3.8, 4) is 0 Å². The van der Waals surface area contributed by atoms with E-state index >= 15 is 0 Å². The first kappa shape index (κ1) is 12.8. The molecule has 2 aromatic rings. The van der Waals surface area contributed by atoms with E-state index in [4.69, 9.17) is 0 Å². The highest BCUT2D eigenvalue weighted by Crippen LogP contribution is 2.34. The average molecular weight is 240 g/mol. The summed E-state index contributed by atoms with van der Waals surface area (Å²) in [6.45, 7) is 8.68. The summed E-state index contributed by atoms with van der Waals surface area (Å²) >= 11 is 0. The van der Waals surface area contributed by atoms with Gasteiger partial charge in [-0.3, -0.25) is 4.79 Å². The maximum absolute atomic E-state index is 11.5. The molecule has 1 nitrogen and oxygen atoms in total. The molecule has 0 amide bonds. The summed E-state index contributed by atoms with van der Waals surface area (Å²) < 4.78 is 0. The van der Waals surface area contributed by atoms with E-state index in [9.17, 15) is 4.79 Å². The molecule has 2 rings (SSSR count). The summed E-state index contributed by atoms with van der Waals surface area (Å²) in [6, 6.07) is 10.4. The molecular weight excluding hydrogens is 220 g/mol. The van der Waals surface area contributed by atoms with E-state index in [0.717, 1.165) is 22.6 Å². The van der Waals surface area contributed by atoms with Gasteiger partial charge < -0.3 is 0 Å². The maximum Gasteiger partial charge on any atom is 0.150 e. The zero-order chi connectivity index (χ0) is 13.3. The minimum Gasteiger partial charge on any atom is -0.298 e. The van der Waals surface area contributed by atoms with Gasteiger partial charge in [-0.25, -0.2) is 0 Å². The number of benzene rings is 2. The predicted molar refractivity (Wildman–Crippen MR) is 77.5 cm³/mol. The quantitative estimate of drug-likeness (QED) is 0.697. The molecule has 0 aliphatic rings. The molecule has 0 aliphatic heterocycles. The van der Waals surface area contributed by atoms with Gasteiger partial charge in [-0.05, 0) is 33.7 Å². The Kier molecular flexibility index (Phi) is 3.51. The molecular formula is C17H20O. The average Bonchev–Trinajstić information content (AvgIpc) is 2.35. The monoisotopic (exact) mass is 240 g/mol. The van der Waals surface area contributed by atoms with E-state index in [-0.39, 0.29) is 0 Å². The number of rotatable bonds is 3. The highest BCUT2D eigenvalue weighted by atomic mass is 16.1. The SMILES string of the molecule is CC(C)c1cc2ccccc2c(C=O)c1C(C)C. The van der Waals surface area contributed by atoms with Crippen molar-refractivity contribution in [1.82, 2.24) is 0 Å². The third-order valence-electron chi connectivity index (χ3n) is 3.48. The lowest BCUT2D eigenvalue weighted by Gasteiger charge is -2.20. The third-order valence-corrected chi connectivity index (χ3v) is 3.48. The highest BCUT2D eigenvalue weighted by molar-refractivity contribution is 6.00. The van der Waals surface area contributed by atoms with Crippen molar-refractivity contribution in [2.24, 2.45) is 0 Å². The Hall–Kier alpha value is -1.63. The molecule has 0 radical (unpaired) electrons. The van der Waals surface area contributed by atoms with Crippen LogP contribution in [0.4, 0.5) is 0 Å². The second-order valence-electron chi connectivity index (χ2n) is 5.44. The molecule has 0 spiro atoms. The van der Waals surface area contributed by atoms with Gasteiger partial charge in [0.25, 0.3) is 0 Å². The Balaban J connectivity index is 2.91. The largest absolute Gasteiger partial charge is 0.298 e. The van der Waals surface area contributed by atoms with Crippen LogP contribution in [-0.2, 0) is 0 Å². The van der Waals surface area contributed by atoms with Crippen LogP contribution in [-0.4, -0.2) is 6.29 Å². The van der Waals surface area contributed by atoms with Gasteiger partial charge in [0.05, 0.1) is 0 Å². The normalized spacial score (nSPS) is 11.4. The predicted octanol–water partition coefficient (Wildman–Crippen LogP) is 4.90. The fourth-order valence-electron chi connectivity index (χ4n) is 2.66. The number of carbonyl (C=O) groups is 1. The minimum absolute atomic E-state index is 0.368. The van der Waals surface area contributed by atoms with Crippen molar-refractivity contribution in [3.05, 3.63) is 47.0 Å². The molecule has 0 saturated heterocycles. The molecule has 0 bridgehead atoms. The molecule has 94 valence electrons. The molecule has 0 heterocycles. The number of hydrogen-bond acceptors (Lipinski definition) is 1. The molecule has 0 fully saturated rings. The third kappa shape index (κ3) is 2.05. The maximum atomic E-state index is 11.5. The van der Waals surface area contributed by atoms with Crippen molar-refractivity contribution < 1.29 is 4.79 Å². The van der Waals surface area contributed by atoms with Gasteiger partial charge in [0.1, 0.15) is 0 Å². The second-order valence-corrected chi connectivity index (χ2v) is 5.44. The molecule has 18 heavy (non-hydrogen) atoms.